The Morgan fingerprint density at radius 1 is 0.792 bits per heavy atom. The Morgan fingerprint density at radius 2 is 1.42 bits per heavy atom. The summed E-state index contributed by atoms with van der Waals surface area (Å²) in [5, 5.41) is 0. The third-order valence-electron chi connectivity index (χ3n) is 3.59. The molecule has 0 N–H and O–H groups in total. The Morgan fingerprint density at radius 3 is 2.04 bits per heavy atom. The molecule has 1 nitrogen and oxygen atoms in total. The van der Waals surface area contributed by atoms with E-state index in [1.807, 2.05) is 48.7 Å². The molecule has 3 rings (SSSR count). The molecular weight excluding hydrogens is 331 g/mol. The molecule has 0 aliphatic rings. The van der Waals surface area contributed by atoms with Gasteiger partial charge in [0.1, 0.15) is 0 Å². The zero-order valence-corrected chi connectivity index (χ0v) is 13.7. The lowest BCUT2D eigenvalue weighted by Gasteiger charge is -2.11. The number of nitrogens with zero attached hydrogens (tertiary/aromatic N) is 1. The molecule has 0 aliphatic carbocycles. The van der Waals surface area contributed by atoms with Crippen molar-refractivity contribution in [1.82, 2.24) is 4.98 Å². The van der Waals surface area contributed by atoms with E-state index in [9.17, 15) is 13.2 Å². The average molecular weight is 345 g/mol. The van der Waals surface area contributed by atoms with Crippen molar-refractivity contribution in [2.45, 2.75) is 11.1 Å². The first-order valence-corrected chi connectivity index (χ1v) is 8.49. The van der Waals surface area contributed by atoms with Crippen LogP contribution in [-0.2, 0) is 6.18 Å². The van der Waals surface area contributed by atoms with Crippen molar-refractivity contribution < 1.29 is 13.2 Å². The number of hydrogen-bond acceptors (Lipinski definition) is 2. The molecule has 0 saturated carbocycles. The largest absolute Gasteiger partial charge is 0.416 e. The third-order valence-corrected chi connectivity index (χ3v) is 4.30. The van der Waals surface area contributed by atoms with Gasteiger partial charge < -0.3 is 0 Å². The number of pyridine rings is 1. The van der Waals surface area contributed by atoms with E-state index in [2.05, 4.69) is 4.98 Å². The maximum Gasteiger partial charge on any atom is 0.416 e. The molecule has 0 amide bonds. The molecule has 0 bridgehead atoms. The van der Waals surface area contributed by atoms with Crippen LogP contribution < -0.4 is 0 Å². The summed E-state index contributed by atoms with van der Waals surface area (Å²) in [6, 6.07) is 18.6. The summed E-state index contributed by atoms with van der Waals surface area (Å²) in [6.45, 7) is 0. The van der Waals surface area contributed by atoms with Gasteiger partial charge in [0.25, 0.3) is 0 Å². The van der Waals surface area contributed by atoms with Crippen LogP contribution in [0.3, 0.4) is 0 Å². The molecule has 0 spiro atoms. The van der Waals surface area contributed by atoms with E-state index in [1.54, 1.807) is 6.07 Å². The zero-order chi connectivity index (χ0) is 17.2. The number of hydrogen-bond donors (Lipinski definition) is 0. The van der Waals surface area contributed by atoms with E-state index < -0.39 is 11.7 Å². The lowest BCUT2D eigenvalue weighted by atomic mass is 10.1. The molecule has 3 aromatic rings. The summed E-state index contributed by atoms with van der Waals surface area (Å²) in [4.78, 5) is 5.52. The van der Waals surface area contributed by atoms with E-state index in [1.165, 1.54) is 17.8 Å². The number of aromatic nitrogens is 1. The van der Waals surface area contributed by atoms with Crippen molar-refractivity contribution in [3.63, 3.8) is 0 Å². The second-order valence-corrected chi connectivity index (χ2v) is 6.10. The maximum absolute atomic E-state index is 12.9. The van der Waals surface area contributed by atoms with Gasteiger partial charge >= 0.3 is 6.18 Å². The second-order valence-electron chi connectivity index (χ2n) is 5.22. The summed E-state index contributed by atoms with van der Waals surface area (Å²) in [5.74, 6) is 0. The average Bonchev–Trinajstić information content (AvgIpc) is 2.61. The van der Waals surface area contributed by atoms with Crippen molar-refractivity contribution >= 4 is 11.8 Å². The number of thioether (sulfide) groups is 1. The fourth-order valence-electron chi connectivity index (χ4n) is 2.38. The van der Waals surface area contributed by atoms with Crippen LogP contribution in [0, 0.1) is 0 Å². The van der Waals surface area contributed by atoms with Gasteiger partial charge in [0.2, 0.25) is 0 Å². The van der Waals surface area contributed by atoms with E-state index >= 15 is 0 Å². The molecule has 24 heavy (non-hydrogen) atoms. The smallest absolute Gasteiger partial charge is 0.248 e. The number of benzene rings is 2. The highest BCUT2D eigenvalue weighted by atomic mass is 32.2. The monoisotopic (exact) mass is 345 g/mol. The summed E-state index contributed by atoms with van der Waals surface area (Å²) in [5.41, 5.74) is 2.00. The molecule has 2 aromatic carbocycles. The maximum atomic E-state index is 12.9. The van der Waals surface area contributed by atoms with Crippen molar-refractivity contribution in [3.05, 3.63) is 72.3 Å². The summed E-state index contributed by atoms with van der Waals surface area (Å²) in [6.07, 6.45) is -2.44. The molecule has 1 heterocycles. The Hall–Kier alpha value is -2.27. The number of halogens is 3. The zero-order valence-electron chi connectivity index (χ0n) is 12.8. The van der Waals surface area contributed by atoms with Gasteiger partial charge in [0.15, 0.2) is 0 Å². The van der Waals surface area contributed by atoms with Crippen LogP contribution in [0.1, 0.15) is 5.56 Å². The van der Waals surface area contributed by atoms with E-state index in [0.717, 1.165) is 28.3 Å². The SMILES string of the molecule is CSc1cc(-c2ccccc2)nc(-c2cccc(C(F)(F)F)c2)c1. The van der Waals surface area contributed by atoms with Crippen LogP contribution in [0.5, 0.6) is 0 Å². The molecule has 0 saturated heterocycles. The molecule has 122 valence electrons. The highest BCUT2D eigenvalue weighted by Gasteiger charge is 2.30. The van der Waals surface area contributed by atoms with Crippen molar-refractivity contribution in [3.8, 4) is 22.5 Å². The minimum Gasteiger partial charge on any atom is -0.248 e. The number of rotatable bonds is 3. The Balaban J connectivity index is 2.12. The van der Waals surface area contributed by atoms with Gasteiger partial charge in [-0.15, -0.1) is 11.8 Å². The van der Waals surface area contributed by atoms with Crippen LogP contribution in [0.25, 0.3) is 22.5 Å². The van der Waals surface area contributed by atoms with Crippen molar-refractivity contribution in [2.24, 2.45) is 0 Å². The quantitative estimate of drug-likeness (QED) is 0.528. The Labute approximate surface area is 142 Å². The van der Waals surface area contributed by atoms with Gasteiger partial charge in [-0.25, -0.2) is 4.98 Å². The molecule has 1 aromatic heterocycles. The minimum atomic E-state index is -4.37. The van der Waals surface area contributed by atoms with Gasteiger partial charge in [0, 0.05) is 16.0 Å². The molecule has 0 fully saturated rings. The topological polar surface area (TPSA) is 12.9 Å². The predicted octanol–water partition coefficient (Wildman–Crippen LogP) is 6.16. The van der Waals surface area contributed by atoms with Crippen LogP contribution in [0.2, 0.25) is 0 Å². The van der Waals surface area contributed by atoms with Crippen LogP contribution in [-0.4, -0.2) is 11.2 Å². The normalized spacial score (nSPS) is 11.5. The van der Waals surface area contributed by atoms with Gasteiger partial charge in [0.05, 0.1) is 17.0 Å². The molecule has 0 radical (unpaired) electrons. The summed E-state index contributed by atoms with van der Waals surface area (Å²) < 4.78 is 38.8. The lowest BCUT2D eigenvalue weighted by Crippen LogP contribution is -2.04. The second kappa shape index (κ2) is 6.69. The Kier molecular flexibility index (Phi) is 4.62. The van der Waals surface area contributed by atoms with Crippen LogP contribution in [0.4, 0.5) is 13.2 Å². The first-order chi connectivity index (χ1) is 11.5. The predicted molar refractivity (Wildman–Crippen MR) is 91.9 cm³/mol. The Bertz CT molecular complexity index is 845. The highest BCUT2D eigenvalue weighted by molar-refractivity contribution is 7.98. The van der Waals surface area contributed by atoms with Crippen molar-refractivity contribution in [2.75, 3.05) is 6.26 Å². The van der Waals surface area contributed by atoms with Crippen LogP contribution in [0.15, 0.2) is 71.6 Å². The van der Waals surface area contributed by atoms with Gasteiger partial charge in [-0.05, 0) is 30.5 Å². The van der Waals surface area contributed by atoms with E-state index in [4.69, 9.17) is 0 Å². The van der Waals surface area contributed by atoms with Gasteiger partial charge in [-0.3, -0.25) is 0 Å². The summed E-state index contributed by atoms with van der Waals surface area (Å²) >= 11 is 1.53. The minimum absolute atomic E-state index is 0.456. The standard InChI is InChI=1S/C19H14F3NS/c1-24-16-11-17(13-6-3-2-4-7-13)23-18(12-16)14-8-5-9-15(10-14)19(20,21)22/h2-12H,1H3. The third kappa shape index (κ3) is 3.62. The molecular formula is C19H14F3NS. The highest BCUT2D eigenvalue weighted by Crippen LogP contribution is 2.33. The summed E-state index contributed by atoms with van der Waals surface area (Å²) in [7, 11) is 0. The lowest BCUT2D eigenvalue weighted by molar-refractivity contribution is -0.137. The fourth-order valence-corrected chi connectivity index (χ4v) is 2.84. The first kappa shape index (κ1) is 16.6. The van der Waals surface area contributed by atoms with Gasteiger partial charge in [-0.2, -0.15) is 13.2 Å². The van der Waals surface area contributed by atoms with E-state index in [-0.39, 0.29) is 0 Å². The fraction of sp³-hybridized carbons (Fsp3) is 0.105. The first-order valence-electron chi connectivity index (χ1n) is 7.26. The molecule has 5 heteroatoms. The molecule has 0 atom stereocenters. The van der Waals surface area contributed by atoms with Crippen LogP contribution >= 0.6 is 11.8 Å². The number of alkyl halides is 3. The van der Waals surface area contributed by atoms with Gasteiger partial charge in [-0.1, -0.05) is 42.5 Å². The molecule has 0 unspecified atom stereocenters. The molecule has 0 aliphatic heterocycles. The van der Waals surface area contributed by atoms with E-state index in [0.29, 0.717) is 11.3 Å². The van der Waals surface area contributed by atoms with Crippen molar-refractivity contribution in [1.29, 1.82) is 0 Å².